The van der Waals surface area contributed by atoms with Crippen molar-refractivity contribution in [2.75, 3.05) is 19.6 Å². The lowest BCUT2D eigenvalue weighted by molar-refractivity contribution is 1.24. The summed E-state index contributed by atoms with van der Waals surface area (Å²) >= 11 is 0. The molecule has 358 valence electrons. The second-order valence-electron chi connectivity index (χ2n) is 19.1. The van der Waals surface area contributed by atoms with Crippen LogP contribution < -0.4 is 19.6 Å². The molecule has 74 heavy (non-hydrogen) atoms. The molecule has 0 bridgehead atoms. The smallest absolute Gasteiger partial charge is 0.0464 e. The van der Waals surface area contributed by atoms with Crippen molar-refractivity contribution in [2.24, 2.45) is 0 Å². The number of aryl methyl sites for hydroxylation is 4. The molecule has 0 saturated carbocycles. The zero-order chi connectivity index (χ0) is 50.4. The molecule has 0 atom stereocenters. The Labute approximate surface area is 437 Å². The van der Waals surface area contributed by atoms with Crippen LogP contribution in [0.2, 0.25) is 0 Å². The molecule has 0 amide bonds. The second-order valence-corrected chi connectivity index (χ2v) is 19.1. The maximum Gasteiger partial charge on any atom is 0.0464 e. The van der Waals surface area contributed by atoms with E-state index in [1.807, 2.05) is 0 Å². The van der Waals surface area contributed by atoms with E-state index in [1.54, 1.807) is 0 Å². The van der Waals surface area contributed by atoms with E-state index in [2.05, 4.69) is 326 Å². The average molecular weight is 955 g/mol. The van der Waals surface area contributed by atoms with Crippen LogP contribution >= 0.6 is 0 Å². The van der Waals surface area contributed by atoms with Gasteiger partial charge < -0.3 is 19.6 Å². The number of hydrogen-bond acceptors (Lipinski definition) is 4. The highest BCUT2D eigenvalue weighted by Gasteiger charge is 2.19. The molecule has 11 rings (SSSR count). The van der Waals surface area contributed by atoms with Crippen molar-refractivity contribution in [3.05, 3.63) is 301 Å². The quantitative estimate of drug-likeness (QED) is 0.108. The van der Waals surface area contributed by atoms with Crippen molar-refractivity contribution in [1.82, 2.24) is 0 Å². The third-order valence-electron chi connectivity index (χ3n) is 13.6. The molecule has 0 unspecified atom stereocenters. The Balaban J connectivity index is 0.847. The van der Waals surface area contributed by atoms with Crippen molar-refractivity contribution in [3.8, 4) is 22.3 Å². The van der Waals surface area contributed by atoms with E-state index in [0.29, 0.717) is 0 Å². The molecule has 0 spiro atoms. The lowest BCUT2D eigenvalue weighted by Crippen LogP contribution is -2.12. The molecular weight excluding hydrogens is 897 g/mol. The van der Waals surface area contributed by atoms with Crippen molar-refractivity contribution in [1.29, 1.82) is 0 Å². The first-order valence-electron chi connectivity index (χ1n) is 25.4. The molecule has 0 N–H and O–H groups in total. The predicted molar refractivity (Wildman–Crippen MR) is 315 cm³/mol. The van der Waals surface area contributed by atoms with Crippen LogP contribution in [0.25, 0.3) is 22.3 Å². The molecule has 4 nitrogen and oxygen atoms in total. The Hall–Kier alpha value is -9.38. The van der Waals surface area contributed by atoms with Gasteiger partial charge in [-0.15, -0.1) is 0 Å². The highest BCUT2D eigenvalue weighted by molar-refractivity contribution is 5.85. The minimum absolute atomic E-state index is 1.08. The number of nitrogens with zero attached hydrogens (tertiary/aromatic N) is 4. The normalized spacial score (nSPS) is 11.0. The van der Waals surface area contributed by atoms with Gasteiger partial charge in [0.05, 0.1) is 0 Å². The van der Waals surface area contributed by atoms with E-state index in [-0.39, 0.29) is 0 Å². The molecule has 0 radical (unpaired) electrons. The SMILES string of the molecule is Cc1cccc(N(c2ccc(-c3ccc(N(c4ccccc4)c4ccc(-c5ccc(N(c6ccccc6)c6ccc(N(c7cccc(C)c7)c7cccc(C)c7)cc6)cc5)cc4)cc3)cc2)c2cccc(C)c2)c1. The summed E-state index contributed by atoms with van der Waals surface area (Å²) in [5, 5.41) is 0. The fourth-order valence-electron chi connectivity index (χ4n) is 9.97. The van der Waals surface area contributed by atoms with E-state index in [9.17, 15) is 0 Å². The Kier molecular flexibility index (Phi) is 13.4. The molecule has 0 fully saturated rings. The molecule has 0 aliphatic heterocycles. The second kappa shape index (κ2) is 21.1. The standard InChI is InChI=1S/C70H58N4/c1-51-15-11-23-67(47-51)73(68-24-12-16-52(2)48-68)64-41-33-58(34-42-64)57-29-37-62(38-30-57)71(59-19-7-5-8-20-59)61-35-27-55(28-36-61)56-31-39-63(40-32-56)72(60-21-9-6-10-22-60)65-43-45-66(46-44-65)74(69-25-13-17-53(3)49-69)70-26-14-18-54(4)50-70/h5-50H,1-4H3. The summed E-state index contributed by atoms with van der Waals surface area (Å²) in [4.78, 5) is 9.32. The van der Waals surface area contributed by atoms with Crippen LogP contribution in [-0.4, -0.2) is 0 Å². The van der Waals surface area contributed by atoms with Crippen LogP contribution in [-0.2, 0) is 0 Å². The zero-order valence-corrected chi connectivity index (χ0v) is 42.3. The molecular formula is C70H58N4. The van der Waals surface area contributed by atoms with Crippen molar-refractivity contribution < 1.29 is 0 Å². The van der Waals surface area contributed by atoms with Gasteiger partial charge in [0.15, 0.2) is 0 Å². The molecule has 11 aromatic carbocycles. The van der Waals surface area contributed by atoms with Gasteiger partial charge in [-0.05, 0) is 218 Å². The number of anilines is 12. The lowest BCUT2D eigenvalue weighted by Gasteiger charge is -2.28. The summed E-state index contributed by atoms with van der Waals surface area (Å²) in [5.74, 6) is 0. The van der Waals surface area contributed by atoms with Gasteiger partial charge in [0.25, 0.3) is 0 Å². The lowest BCUT2D eigenvalue weighted by atomic mass is 10.0. The molecule has 0 aliphatic rings. The van der Waals surface area contributed by atoms with Gasteiger partial charge in [-0.3, -0.25) is 0 Å². The summed E-state index contributed by atoms with van der Waals surface area (Å²) in [6.07, 6.45) is 0. The van der Waals surface area contributed by atoms with Crippen LogP contribution in [0.1, 0.15) is 22.3 Å². The summed E-state index contributed by atoms with van der Waals surface area (Å²) in [5.41, 5.74) is 22.8. The van der Waals surface area contributed by atoms with Crippen molar-refractivity contribution in [2.45, 2.75) is 27.7 Å². The minimum Gasteiger partial charge on any atom is -0.311 e. The van der Waals surface area contributed by atoms with E-state index in [1.165, 1.54) is 27.8 Å². The summed E-state index contributed by atoms with van der Waals surface area (Å²) in [6, 6.07) is 101. The number of rotatable bonds is 14. The van der Waals surface area contributed by atoms with Gasteiger partial charge in [-0.1, -0.05) is 133 Å². The van der Waals surface area contributed by atoms with Gasteiger partial charge in [0.1, 0.15) is 0 Å². The van der Waals surface area contributed by atoms with Gasteiger partial charge in [0, 0.05) is 68.2 Å². The number of hydrogen-bond donors (Lipinski definition) is 0. The third-order valence-corrected chi connectivity index (χ3v) is 13.6. The highest BCUT2D eigenvalue weighted by Crippen LogP contribution is 2.42. The fourth-order valence-corrected chi connectivity index (χ4v) is 9.97. The topological polar surface area (TPSA) is 13.0 Å². The largest absolute Gasteiger partial charge is 0.311 e. The van der Waals surface area contributed by atoms with Crippen LogP contribution in [0.5, 0.6) is 0 Å². The van der Waals surface area contributed by atoms with Crippen LogP contribution in [0.4, 0.5) is 68.2 Å². The van der Waals surface area contributed by atoms with E-state index < -0.39 is 0 Å². The van der Waals surface area contributed by atoms with Gasteiger partial charge >= 0.3 is 0 Å². The number of para-hydroxylation sites is 2. The Morgan fingerprint density at radius 2 is 0.338 bits per heavy atom. The average Bonchev–Trinajstić information content (AvgIpc) is 3.43. The summed E-state index contributed by atoms with van der Waals surface area (Å²) in [6.45, 7) is 8.59. The number of benzene rings is 11. The molecule has 11 aromatic rings. The van der Waals surface area contributed by atoms with Crippen molar-refractivity contribution in [3.63, 3.8) is 0 Å². The van der Waals surface area contributed by atoms with Gasteiger partial charge in [0.2, 0.25) is 0 Å². The molecule has 0 saturated heterocycles. The predicted octanol–water partition coefficient (Wildman–Crippen LogP) is 20.1. The van der Waals surface area contributed by atoms with Crippen LogP contribution in [0.3, 0.4) is 0 Å². The Morgan fingerprint density at radius 3 is 0.554 bits per heavy atom. The first-order chi connectivity index (χ1) is 36.3. The first-order valence-corrected chi connectivity index (χ1v) is 25.4. The van der Waals surface area contributed by atoms with Gasteiger partial charge in [-0.2, -0.15) is 0 Å². The first kappa shape index (κ1) is 47.0. The molecule has 4 heteroatoms. The minimum atomic E-state index is 1.08. The monoisotopic (exact) mass is 954 g/mol. The van der Waals surface area contributed by atoms with Crippen LogP contribution in [0.15, 0.2) is 279 Å². The third kappa shape index (κ3) is 10.2. The summed E-state index contributed by atoms with van der Waals surface area (Å²) in [7, 11) is 0. The van der Waals surface area contributed by atoms with E-state index in [0.717, 1.165) is 84.9 Å². The Morgan fingerprint density at radius 1 is 0.162 bits per heavy atom. The molecule has 0 aromatic heterocycles. The van der Waals surface area contributed by atoms with Crippen LogP contribution in [0, 0.1) is 27.7 Å². The maximum absolute atomic E-state index is 2.33. The van der Waals surface area contributed by atoms with E-state index >= 15 is 0 Å². The van der Waals surface area contributed by atoms with Gasteiger partial charge in [-0.25, -0.2) is 0 Å². The fraction of sp³-hybridized carbons (Fsp3) is 0.0571. The Bertz CT molecular complexity index is 3540. The molecule has 0 aliphatic carbocycles. The van der Waals surface area contributed by atoms with E-state index in [4.69, 9.17) is 0 Å². The molecule has 0 heterocycles. The maximum atomic E-state index is 2.33. The summed E-state index contributed by atoms with van der Waals surface area (Å²) < 4.78 is 0. The zero-order valence-electron chi connectivity index (χ0n) is 42.3. The highest BCUT2D eigenvalue weighted by atomic mass is 15.2. The van der Waals surface area contributed by atoms with Crippen molar-refractivity contribution >= 4 is 68.2 Å².